The Hall–Kier alpha value is -0.650. The molecule has 3 nitrogen and oxygen atoms in total. The highest BCUT2D eigenvalue weighted by Gasteiger charge is 2.18. The molecule has 0 spiro atoms. The van der Waals surface area contributed by atoms with Gasteiger partial charge in [0.25, 0.3) is 0 Å². The summed E-state index contributed by atoms with van der Waals surface area (Å²) in [7, 11) is 0. The molecule has 2 aromatic heterocycles. The Morgan fingerprint density at radius 1 is 1.62 bits per heavy atom. The van der Waals surface area contributed by atoms with Crippen LogP contribution < -0.4 is 0 Å². The first-order valence-corrected chi connectivity index (χ1v) is 6.69. The van der Waals surface area contributed by atoms with Crippen LogP contribution in [0.25, 0.3) is 0 Å². The van der Waals surface area contributed by atoms with Gasteiger partial charge >= 0.3 is 0 Å². The Morgan fingerprint density at radius 2 is 2.38 bits per heavy atom. The van der Waals surface area contributed by atoms with E-state index in [1.165, 1.54) is 0 Å². The third-order valence-electron chi connectivity index (χ3n) is 2.48. The minimum Gasteiger partial charge on any atom is -0.380 e. The molecule has 0 amide bonds. The molecule has 1 unspecified atom stereocenters. The Morgan fingerprint density at radius 3 is 2.94 bits per heavy atom. The van der Waals surface area contributed by atoms with Gasteiger partial charge in [-0.25, -0.2) is 4.98 Å². The lowest BCUT2D eigenvalue weighted by atomic mass is 10.2. The summed E-state index contributed by atoms with van der Waals surface area (Å²) in [5.41, 5.74) is 1.15. The van der Waals surface area contributed by atoms with Crippen LogP contribution in [0.4, 0.5) is 0 Å². The molecule has 0 saturated carbocycles. The van der Waals surface area contributed by atoms with Gasteiger partial charge in [0.1, 0.15) is 11.9 Å². The third-order valence-corrected chi connectivity index (χ3v) is 4.67. The van der Waals surface area contributed by atoms with Crippen molar-refractivity contribution in [2.24, 2.45) is 0 Å². The van der Waals surface area contributed by atoms with E-state index in [9.17, 15) is 5.11 Å². The Balaban J connectivity index is 2.35. The second-order valence-corrected chi connectivity index (χ2v) is 5.98. The predicted molar refractivity (Wildman–Crippen MR) is 68.7 cm³/mol. The van der Waals surface area contributed by atoms with E-state index in [0.29, 0.717) is 5.82 Å². The van der Waals surface area contributed by atoms with Gasteiger partial charge in [0, 0.05) is 23.8 Å². The van der Waals surface area contributed by atoms with Gasteiger partial charge in [-0.2, -0.15) is 0 Å². The molecule has 16 heavy (non-hydrogen) atoms. The fourth-order valence-electron chi connectivity index (χ4n) is 1.58. The number of nitrogens with zero attached hydrogens (tertiary/aromatic N) is 2. The topological polar surface area (TPSA) is 38.0 Å². The van der Waals surface area contributed by atoms with Crippen molar-refractivity contribution in [1.82, 2.24) is 9.55 Å². The second-order valence-electron chi connectivity index (χ2n) is 3.58. The van der Waals surface area contributed by atoms with E-state index in [1.807, 2.05) is 30.7 Å². The SMILES string of the molecule is CCn1ccnc1C(O)c1cc(C)c(Br)s1. The van der Waals surface area contributed by atoms with Crippen molar-refractivity contribution in [2.75, 3.05) is 0 Å². The molecule has 0 fully saturated rings. The van der Waals surface area contributed by atoms with Crippen LogP contribution in [0, 0.1) is 6.92 Å². The largest absolute Gasteiger partial charge is 0.380 e. The van der Waals surface area contributed by atoms with E-state index >= 15 is 0 Å². The number of rotatable bonds is 3. The molecule has 0 radical (unpaired) electrons. The van der Waals surface area contributed by atoms with Gasteiger partial charge in [-0.05, 0) is 41.4 Å². The number of hydrogen-bond acceptors (Lipinski definition) is 3. The molecule has 2 rings (SSSR count). The van der Waals surface area contributed by atoms with E-state index in [0.717, 1.165) is 20.8 Å². The van der Waals surface area contributed by atoms with Crippen molar-refractivity contribution in [3.63, 3.8) is 0 Å². The van der Waals surface area contributed by atoms with Crippen LogP contribution >= 0.6 is 27.3 Å². The molecule has 2 heterocycles. The molecule has 0 aliphatic carbocycles. The summed E-state index contributed by atoms with van der Waals surface area (Å²) in [5.74, 6) is 0.705. The van der Waals surface area contributed by atoms with Gasteiger partial charge in [0.2, 0.25) is 0 Å². The summed E-state index contributed by atoms with van der Waals surface area (Å²) in [4.78, 5) is 5.13. The molecule has 0 saturated heterocycles. The number of aryl methyl sites for hydroxylation is 2. The van der Waals surface area contributed by atoms with Crippen molar-refractivity contribution in [2.45, 2.75) is 26.5 Å². The lowest BCUT2D eigenvalue weighted by molar-refractivity contribution is 0.208. The quantitative estimate of drug-likeness (QED) is 0.946. The molecule has 86 valence electrons. The average molecular weight is 301 g/mol. The molecule has 0 aliphatic heterocycles. The zero-order valence-electron chi connectivity index (χ0n) is 9.14. The standard InChI is InChI=1S/C11H13BrN2OS/c1-3-14-5-4-13-11(14)9(15)8-6-7(2)10(12)16-8/h4-6,9,15H,3H2,1-2H3. The number of aliphatic hydroxyl groups is 1. The minimum absolute atomic E-state index is 0.634. The molecule has 1 N–H and O–H groups in total. The maximum atomic E-state index is 10.2. The Bertz CT molecular complexity index is 472. The van der Waals surface area contributed by atoms with E-state index in [4.69, 9.17) is 0 Å². The van der Waals surface area contributed by atoms with Gasteiger partial charge in [0.05, 0.1) is 3.79 Å². The lowest BCUT2D eigenvalue weighted by Gasteiger charge is -2.09. The summed E-state index contributed by atoms with van der Waals surface area (Å²) in [6, 6.07) is 1.99. The van der Waals surface area contributed by atoms with E-state index in [1.54, 1.807) is 17.5 Å². The summed E-state index contributed by atoms with van der Waals surface area (Å²) in [6.45, 7) is 4.87. The van der Waals surface area contributed by atoms with E-state index in [-0.39, 0.29) is 0 Å². The Labute approximate surface area is 107 Å². The first-order chi connectivity index (χ1) is 7.63. The summed E-state index contributed by atoms with van der Waals surface area (Å²) in [5, 5.41) is 10.2. The number of thiophene rings is 1. The van der Waals surface area contributed by atoms with Crippen LogP contribution in [0.5, 0.6) is 0 Å². The molecule has 2 aromatic rings. The number of halogens is 1. The molecular weight excluding hydrogens is 288 g/mol. The maximum absolute atomic E-state index is 10.2. The van der Waals surface area contributed by atoms with E-state index in [2.05, 4.69) is 20.9 Å². The maximum Gasteiger partial charge on any atom is 0.146 e. The average Bonchev–Trinajstić information content (AvgIpc) is 2.85. The molecular formula is C11H13BrN2OS. The first-order valence-electron chi connectivity index (χ1n) is 5.08. The van der Waals surface area contributed by atoms with Crippen LogP contribution in [0.3, 0.4) is 0 Å². The van der Waals surface area contributed by atoms with E-state index < -0.39 is 6.10 Å². The highest BCUT2D eigenvalue weighted by Crippen LogP contribution is 2.33. The first kappa shape index (κ1) is 11.8. The third kappa shape index (κ3) is 2.07. The van der Waals surface area contributed by atoms with Gasteiger partial charge in [-0.1, -0.05) is 0 Å². The highest BCUT2D eigenvalue weighted by molar-refractivity contribution is 9.11. The summed E-state index contributed by atoms with van der Waals surface area (Å²) in [6.07, 6.45) is 2.97. The molecule has 0 aliphatic rings. The number of aromatic nitrogens is 2. The monoisotopic (exact) mass is 300 g/mol. The zero-order valence-corrected chi connectivity index (χ0v) is 11.5. The number of hydrogen-bond donors (Lipinski definition) is 1. The van der Waals surface area contributed by atoms with Crippen LogP contribution in [0.1, 0.15) is 29.3 Å². The van der Waals surface area contributed by atoms with Crippen molar-refractivity contribution in [3.05, 3.63) is 38.5 Å². The van der Waals surface area contributed by atoms with Gasteiger partial charge in [-0.3, -0.25) is 0 Å². The predicted octanol–water partition coefficient (Wildman–Crippen LogP) is 3.12. The smallest absolute Gasteiger partial charge is 0.146 e. The zero-order chi connectivity index (χ0) is 11.7. The van der Waals surface area contributed by atoms with Crippen LogP contribution in [0.15, 0.2) is 22.2 Å². The minimum atomic E-state index is -0.634. The van der Waals surface area contributed by atoms with Gasteiger partial charge in [0.15, 0.2) is 0 Å². The van der Waals surface area contributed by atoms with Crippen LogP contribution in [-0.4, -0.2) is 14.7 Å². The van der Waals surface area contributed by atoms with Gasteiger partial charge in [-0.15, -0.1) is 11.3 Å². The van der Waals surface area contributed by atoms with Crippen molar-refractivity contribution >= 4 is 27.3 Å². The Kier molecular flexibility index (Phi) is 3.47. The lowest BCUT2D eigenvalue weighted by Crippen LogP contribution is -2.07. The molecule has 0 aromatic carbocycles. The molecule has 0 bridgehead atoms. The van der Waals surface area contributed by atoms with Crippen molar-refractivity contribution < 1.29 is 5.11 Å². The number of imidazole rings is 1. The van der Waals surface area contributed by atoms with Crippen LogP contribution in [-0.2, 0) is 6.54 Å². The fraction of sp³-hybridized carbons (Fsp3) is 0.364. The van der Waals surface area contributed by atoms with Crippen molar-refractivity contribution in [3.8, 4) is 0 Å². The molecule has 5 heteroatoms. The highest BCUT2D eigenvalue weighted by atomic mass is 79.9. The molecule has 1 atom stereocenters. The van der Waals surface area contributed by atoms with Crippen molar-refractivity contribution in [1.29, 1.82) is 0 Å². The van der Waals surface area contributed by atoms with Gasteiger partial charge < -0.3 is 9.67 Å². The summed E-state index contributed by atoms with van der Waals surface area (Å²) >= 11 is 5.02. The fourth-order valence-corrected chi connectivity index (χ4v) is 3.14. The second kappa shape index (κ2) is 4.69. The summed E-state index contributed by atoms with van der Waals surface area (Å²) < 4.78 is 3.02. The number of aliphatic hydroxyl groups excluding tert-OH is 1. The normalized spacial score (nSPS) is 13.0. The van der Waals surface area contributed by atoms with Crippen LogP contribution in [0.2, 0.25) is 0 Å².